The van der Waals surface area contributed by atoms with E-state index in [0.717, 1.165) is 58.0 Å². The molecule has 2 aliphatic rings. The molecule has 0 radical (unpaired) electrons. The van der Waals surface area contributed by atoms with Crippen molar-refractivity contribution in [1.82, 2.24) is 10.2 Å². The Morgan fingerprint density at radius 3 is 2.37 bits per heavy atom. The fraction of sp³-hybridized carbons (Fsp3) is 0.933. The quantitative estimate of drug-likeness (QED) is 0.810. The Balaban J connectivity index is 1.69. The van der Waals surface area contributed by atoms with Gasteiger partial charge in [0.2, 0.25) is 5.91 Å². The van der Waals surface area contributed by atoms with Crippen LogP contribution in [0.2, 0.25) is 0 Å². The van der Waals surface area contributed by atoms with Crippen LogP contribution in [-0.2, 0) is 4.79 Å². The summed E-state index contributed by atoms with van der Waals surface area (Å²) in [7, 11) is 2.12. The van der Waals surface area contributed by atoms with Gasteiger partial charge in [-0.3, -0.25) is 4.79 Å². The third-order valence-electron chi connectivity index (χ3n) is 4.82. The first-order chi connectivity index (χ1) is 9.19. The predicted octanol–water partition coefficient (Wildman–Crippen LogP) is 1.39. The van der Waals surface area contributed by atoms with Gasteiger partial charge in [0, 0.05) is 18.6 Å². The average molecular weight is 268 g/mol. The number of likely N-dealkylation sites (tertiary alicyclic amines) is 1. The third kappa shape index (κ3) is 4.46. The second-order valence-electron chi connectivity index (χ2n) is 6.32. The Bertz CT molecular complexity index is 280. The van der Waals surface area contributed by atoms with Crippen LogP contribution in [0, 0.1) is 11.8 Å². The number of hydrogen-bond donors (Lipinski definition) is 2. The Morgan fingerprint density at radius 2 is 1.79 bits per heavy atom. The van der Waals surface area contributed by atoms with E-state index in [0.29, 0.717) is 18.6 Å². The molecule has 0 aromatic carbocycles. The van der Waals surface area contributed by atoms with E-state index in [2.05, 4.69) is 17.3 Å². The number of nitrogens with one attached hydrogen (secondary N) is 1. The van der Waals surface area contributed by atoms with Gasteiger partial charge in [0.15, 0.2) is 0 Å². The fourth-order valence-electron chi connectivity index (χ4n) is 3.37. The Kier molecular flexibility index (Phi) is 5.64. The standard InChI is InChI=1S/C15H28N2O2/c1-17-9-6-13(7-10-17)15(19)16-14-4-2-12(3-5-14)8-11-18/h12-14,18H,2-11H2,1H3,(H,16,19). The zero-order valence-corrected chi connectivity index (χ0v) is 12.1. The van der Waals surface area contributed by atoms with Crippen molar-refractivity contribution in [3.05, 3.63) is 0 Å². The molecule has 0 spiro atoms. The number of aliphatic hydroxyl groups is 1. The monoisotopic (exact) mass is 268 g/mol. The minimum absolute atomic E-state index is 0.228. The summed E-state index contributed by atoms with van der Waals surface area (Å²) in [5.74, 6) is 1.17. The molecule has 2 fully saturated rings. The van der Waals surface area contributed by atoms with Crippen LogP contribution >= 0.6 is 0 Å². The first-order valence-electron chi connectivity index (χ1n) is 7.79. The Morgan fingerprint density at radius 1 is 1.16 bits per heavy atom. The van der Waals surface area contributed by atoms with Gasteiger partial charge >= 0.3 is 0 Å². The van der Waals surface area contributed by atoms with Crippen LogP contribution in [0.4, 0.5) is 0 Å². The summed E-state index contributed by atoms with van der Waals surface area (Å²) in [5.41, 5.74) is 0. The SMILES string of the molecule is CN1CCC(C(=O)NC2CCC(CCO)CC2)CC1. The van der Waals surface area contributed by atoms with Crippen molar-refractivity contribution in [2.45, 2.75) is 51.0 Å². The lowest BCUT2D eigenvalue weighted by molar-refractivity contribution is -0.127. The second kappa shape index (κ2) is 7.25. The molecule has 1 saturated carbocycles. The molecule has 110 valence electrons. The molecule has 0 bridgehead atoms. The number of carbonyl (C=O) groups is 1. The lowest BCUT2D eigenvalue weighted by Crippen LogP contribution is -2.44. The normalized spacial score (nSPS) is 30.2. The van der Waals surface area contributed by atoms with Crippen LogP contribution < -0.4 is 5.32 Å². The maximum Gasteiger partial charge on any atom is 0.223 e. The highest BCUT2D eigenvalue weighted by molar-refractivity contribution is 5.79. The van der Waals surface area contributed by atoms with E-state index in [-0.39, 0.29) is 11.8 Å². The van der Waals surface area contributed by atoms with Gasteiger partial charge in [-0.05, 0) is 71.0 Å². The van der Waals surface area contributed by atoms with Crippen molar-refractivity contribution in [2.24, 2.45) is 11.8 Å². The predicted molar refractivity (Wildman–Crippen MR) is 75.8 cm³/mol. The van der Waals surface area contributed by atoms with Gasteiger partial charge in [-0.25, -0.2) is 0 Å². The van der Waals surface area contributed by atoms with Crippen molar-refractivity contribution in [1.29, 1.82) is 0 Å². The lowest BCUT2D eigenvalue weighted by Gasteiger charge is -2.32. The number of rotatable bonds is 4. The van der Waals surface area contributed by atoms with Crippen LogP contribution in [0.3, 0.4) is 0 Å². The van der Waals surface area contributed by atoms with Crippen molar-refractivity contribution < 1.29 is 9.90 Å². The van der Waals surface area contributed by atoms with Gasteiger partial charge in [0.25, 0.3) is 0 Å². The second-order valence-corrected chi connectivity index (χ2v) is 6.32. The van der Waals surface area contributed by atoms with Crippen LogP contribution in [0.15, 0.2) is 0 Å². The van der Waals surface area contributed by atoms with Crippen LogP contribution in [0.5, 0.6) is 0 Å². The lowest BCUT2D eigenvalue weighted by atomic mass is 9.84. The molecule has 2 rings (SSSR count). The van der Waals surface area contributed by atoms with Crippen molar-refractivity contribution >= 4 is 5.91 Å². The summed E-state index contributed by atoms with van der Waals surface area (Å²) in [6.45, 7) is 2.39. The molecule has 4 nitrogen and oxygen atoms in total. The number of carbonyl (C=O) groups excluding carboxylic acids is 1. The third-order valence-corrected chi connectivity index (χ3v) is 4.82. The van der Waals surface area contributed by atoms with Gasteiger partial charge in [-0.1, -0.05) is 0 Å². The molecule has 1 heterocycles. The van der Waals surface area contributed by atoms with Crippen molar-refractivity contribution in [3.8, 4) is 0 Å². The smallest absolute Gasteiger partial charge is 0.223 e. The number of nitrogens with zero attached hydrogens (tertiary/aromatic N) is 1. The van der Waals surface area contributed by atoms with E-state index in [4.69, 9.17) is 5.11 Å². The number of piperidine rings is 1. The minimum atomic E-state index is 0.228. The topological polar surface area (TPSA) is 52.6 Å². The maximum atomic E-state index is 12.2. The fourth-order valence-corrected chi connectivity index (χ4v) is 3.37. The maximum absolute atomic E-state index is 12.2. The highest BCUT2D eigenvalue weighted by Crippen LogP contribution is 2.27. The van der Waals surface area contributed by atoms with Gasteiger partial charge in [-0.2, -0.15) is 0 Å². The van der Waals surface area contributed by atoms with Gasteiger partial charge in [0.1, 0.15) is 0 Å². The van der Waals surface area contributed by atoms with Gasteiger partial charge in [0.05, 0.1) is 0 Å². The van der Waals surface area contributed by atoms with E-state index in [1.54, 1.807) is 0 Å². The number of hydrogen-bond acceptors (Lipinski definition) is 3. The molecule has 1 aliphatic carbocycles. The molecule has 19 heavy (non-hydrogen) atoms. The first kappa shape index (κ1) is 14.8. The number of amides is 1. The summed E-state index contributed by atoms with van der Waals surface area (Å²) in [6.07, 6.45) is 7.41. The highest BCUT2D eigenvalue weighted by Gasteiger charge is 2.27. The molecule has 1 saturated heterocycles. The van der Waals surface area contributed by atoms with E-state index >= 15 is 0 Å². The van der Waals surface area contributed by atoms with E-state index in [1.165, 1.54) is 0 Å². The summed E-state index contributed by atoms with van der Waals surface area (Å²) >= 11 is 0. The number of aliphatic hydroxyl groups excluding tert-OH is 1. The molecule has 1 amide bonds. The summed E-state index contributed by atoms with van der Waals surface area (Å²) in [6, 6.07) is 0.377. The first-order valence-corrected chi connectivity index (χ1v) is 7.79. The van der Waals surface area contributed by atoms with Crippen LogP contribution in [-0.4, -0.2) is 48.7 Å². The molecule has 4 heteroatoms. The molecule has 1 aliphatic heterocycles. The summed E-state index contributed by atoms with van der Waals surface area (Å²) in [5, 5.41) is 12.2. The molecular formula is C15H28N2O2. The highest BCUT2D eigenvalue weighted by atomic mass is 16.3. The molecule has 2 N–H and O–H groups in total. The largest absolute Gasteiger partial charge is 0.396 e. The molecular weight excluding hydrogens is 240 g/mol. The zero-order chi connectivity index (χ0) is 13.7. The summed E-state index contributed by atoms with van der Waals surface area (Å²) < 4.78 is 0. The minimum Gasteiger partial charge on any atom is -0.396 e. The van der Waals surface area contributed by atoms with E-state index in [1.807, 2.05) is 0 Å². The zero-order valence-electron chi connectivity index (χ0n) is 12.1. The molecule has 0 aromatic heterocycles. The van der Waals surface area contributed by atoms with E-state index < -0.39 is 0 Å². The van der Waals surface area contributed by atoms with Gasteiger partial charge in [-0.15, -0.1) is 0 Å². The molecule has 0 aromatic rings. The molecule has 0 atom stereocenters. The van der Waals surface area contributed by atoms with Crippen LogP contribution in [0.1, 0.15) is 44.9 Å². The Hall–Kier alpha value is -0.610. The van der Waals surface area contributed by atoms with E-state index in [9.17, 15) is 4.79 Å². The Labute approximate surface area is 116 Å². The average Bonchev–Trinajstić information content (AvgIpc) is 2.42. The van der Waals surface area contributed by atoms with Gasteiger partial charge < -0.3 is 15.3 Å². The van der Waals surface area contributed by atoms with Crippen molar-refractivity contribution in [2.75, 3.05) is 26.7 Å². The summed E-state index contributed by atoms with van der Waals surface area (Å²) in [4.78, 5) is 14.5. The van der Waals surface area contributed by atoms with Crippen LogP contribution in [0.25, 0.3) is 0 Å². The molecule has 0 unspecified atom stereocenters. The van der Waals surface area contributed by atoms with Crippen molar-refractivity contribution in [3.63, 3.8) is 0 Å².